The first-order valence-electron chi connectivity index (χ1n) is 50.8. The van der Waals surface area contributed by atoms with Crippen molar-refractivity contribution < 1.29 is 26.5 Å². The molecule has 147 heavy (non-hydrogen) atoms. The van der Waals surface area contributed by atoms with Crippen LogP contribution in [0.25, 0.3) is 324 Å². The number of benzene rings is 22. The van der Waals surface area contributed by atoms with Gasteiger partial charge in [0.2, 0.25) is 0 Å². The summed E-state index contributed by atoms with van der Waals surface area (Å²) in [5.41, 5.74) is 40.6. The van der Waals surface area contributed by atoms with E-state index >= 15 is 0 Å². The minimum absolute atomic E-state index is 0.369. The number of hydrogen-bond acceptors (Lipinski definition) is 6. The third-order valence-electron chi connectivity index (χ3n) is 31.8. The molecule has 0 aliphatic carbocycles. The third kappa shape index (κ3) is 11.8. The summed E-state index contributed by atoms with van der Waals surface area (Å²) >= 11 is 0. The summed E-state index contributed by atoms with van der Waals surface area (Å²) in [5.74, 6) is 0.768. The Morgan fingerprint density at radius 3 is 0.612 bits per heavy atom. The lowest BCUT2D eigenvalue weighted by Gasteiger charge is -2.16. The quantitative estimate of drug-likeness (QED) is 0.143. The van der Waals surface area contributed by atoms with Gasteiger partial charge in [0.1, 0.15) is 33.5 Å². The first-order chi connectivity index (χ1) is 72.5. The molecule has 0 fully saturated rings. The van der Waals surface area contributed by atoms with Crippen LogP contribution in [-0.2, 0) is 0 Å². The molecule has 34 aromatic rings. The van der Waals surface area contributed by atoms with E-state index in [4.69, 9.17) is 26.5 Å². The van der Waals surface area contributed by atoms with Crippen molar-refractivity contribution in [2.45, 2.75) is 39.5 Å². The van der Waals surface area contributed by atoms with Crippen LogP contribution in [0.1, 0.15) is 50.7 Å². The van der Waals surface area contributed by atoms with Crippen molar-refractivity contribution in [3.05, 3.63) is 442 Å². The minimum Gasteiger partial charge on any atom is -0.454 e. The molecule has 0 atom stereocenters. The molecule has 688 valence electrons. The van der Waals surface area contributed by atoms with Crippen molar-refractivity contribution in [2.24, 2.45) is 0 Å². The number of furan rings is 6. The van der Waals surface area contributed by atoms with Crippen molar-refractivity contribution in [1.29, 1.82) is 0 Å². The topological polar surface area (TPSA) is 92.1 Å². The fourth-order valence-electron chi connectivity index (χ4n) is 25.1. The molecule has 12 heterocycles. The molecule has 34 rings (SSSR count). The molecule has 0 amide bonds. The molecule has 0 aliphatic heterocycles. The zero-order valence-electron chi connectivity index (χ0n) is 80.4. The Morgan fingerprint density at radius 1 is 0.143 bits per heavy atom. The van der Waals surface area contributed by atoms with Gasteiger partial charge in [-0.15, -0.1) is 0 Å². The lowest BCUT2D eigenvalue weighted by Crippen LogP contribution is -1.94. The monoisotopic (exact) mass is 1880 g/mol. The summed E-state index contributed by atoms with van der Waals surface area (Å²) in [4.78, 5) is 0. The minimum atomic E-state index is 0.369. The van der Waals surface area contributed by atoms with E-state index in [-0.39, 0.29) is 0 Å². The number of nitrogens with zero attached hydrogens (tertiary/aromatic N) is 3. The highest BCUT2D eigenvalue weighted by Crippen LogP contribution is 2.55. The molecule has 0 N–H and O–H groups in total. The fourth-order valence-corrected chi connectivity index (χ4v) is 25.1. The van der Waals surface area contributed by atoms with Crippen LogP contribution in [0.5, 0.6) is 0 Å². The smallest absolute Gasteiger partial charge is 0.160 e. The van der Waals surface area contributed by atoms with Crippen LogP contribution in [0, 0.1) is 0 Å². The maximum absolute atomic E-state index is 6.74. The van der Waals surface area contributed by atoms with E-state index in [0.29, 0.717) is 11.8 Å². The molecule has 0 unspecified atom stereocenters. The Balaban J connectivity index is 0.0000000980. The average Bonchev–Trinajstić information content (AvgIpc) is 1.52. The lowest BCUT2D eigenvalue weighted by molar-refractivity contribution is 0.669. The van der Waals surface area contributed by atoms with Gasteiger partial charge < -0.3 is 39.7 Å². The van der Waals surface area contributed by atoms with Crippen LogP contribution >= 0.6 is 0 Å². The van der Waals surface area contributed by atoms with Gasteiger partial charge in [0, 0.05) is 129 Å². The highest BCUT2D eigenvalue weighted by Gasteiger charge is 2.32. The van der Waals surface area contributed by atoms with Crippen molar-refractivity contribution in [2.75, 3.05) is 0 Å². The SMILES string of the molecule is CC(C)c1cc(-c2ccccc2)cc(-c2cc3c4ccc5c6ccccc6oc5c4n4c3c(c2)c2ccc3c5ccccc5oc3c24)c1.CC(C)c1ccc(-c2ccccc2)cc1-c1cc2c3ccc4c5ccccc5oc4c3n3c2c(c1)c1ccc2c4ccccc4oc2c13.c1ccc(-c2cc(-c3ccccc3)cc(-c3cc4c5ccc6c7ccccc7oc6c5n5c4c(c3)c3ccc4c6ccccc6oc4c35)c2)cc1. The molecule has 0 saturated carbocycles. The highest BCUT2D eigenvalue weighted by molar-refractivity contribution is 6.37. The summed E-state index contributed by atoms with van der Waals surface area (Å²) in [6, 6.07) is 155. The Morgan fingerprint density at radius 2 is 0.354 bits per heavy atom. The van der Waals surface area contributed by atoms with Crippen LogP contribution < -0.4 is 0 Å². The number of para-hydroxylation sites is 6. The molecule has 0 bridgehead atoms. The van der Waals surface area contributed by atoms with Gasteiger partial charge in [-0.05, 0) is 240 Å². The second-order valence-electron chi connectivity index (χ2n) is 40.6. The van der Waals surface area contributed by atoms with Gasteiger partial charge in [0.25, 0.3) is 0 Å². The van der Waals surface area contributed by atoms with Crippen molar-refractivity contribution in [1.82, 2.24) is 13.2 Å². The summed E-state index contributed by atoms with van der Waals surface area (Å²) < 4.78 is 47.6. The lowest BCUT2D eigenvalue weighted by atomic mass is 9.88. The summed E-state index contributed by atoms with van der Waals surface area (Å²) in [6.45, 7) is 9.13. The van der Waals surface area contributed by atoms with Gasteiger partial charge in [-0.1, -0.05) is 319 Å². The second kappa shape index (κ2) is 30.8. The highest BCUT2D eigenvalue weighted by atomic mass is 16.4. The molecular formula is C138H85N3O6. The van der Waals surface area contributed by atoms with E-state index < -0.39 is 0 Å². The molecule has 0 saturated heterocycles. The maximum Gasteiger partial charge on any atom is 0.160 e. The number of aromatic nitrogens is 3. The molecular weight excluding hydrogens is 1800 g/mol. The zero-order valence-corrected chi connectivity index (χ0v) is 80.4. The van der Waals surface area contributed by atoms with Crippen molar-refractivity contribution >= 4 is 246 Å². The van der Waals surface area contributed by atoms with Crippen LogP contribution in [0.3, 0.4) is 0 Å². The Hall–Kier alpha value is -19.0. The van der Waals surface area contributed by atoms with E-state index in [9.17, 15) is 0 Å². The molecule has 12 aromatic heterocycles. The van der Waals surface area contributed by atoms with Crippen molar-refractivity contribution in [3.8, 4) is 77.9 Å². The largest absolute Gasteiger partial charge is 0.454 e. The number of fused-ring (bicyclic) bond motifs is 42. The molecule has 0 aliphatic rings. The summed E-state index contributed by atoms with van der Waals surface area (Å²) in [6.07, 6.45) is 0. The average molecular weight is 1880 g/mol. The van der Waals surface area contributed by atoms with E-state index in [2.05, 4.69) is 435 Å². The standard InChI is InChI=1S/C48H27NO2.2C45H29NO2/c1-3-11-28(12-4-1)30-23-31(29-13-5-2-6-14-29)25-32(24-30)33-26-40-36-19-21-38-34-15-7-9-17-42(34)50-47(38)45(36)49-44(40)41(27-33)37-20-22-39-35-16-8-10-18-43(35)51-48(39)46(37)49;1-25(2)27-20-28(26-10-4-3-5-11-26)22-29(21-27)30-23-37-33-16-18-35-31-12-6-8-14-39(31)47-44(35)42(33)46-41(37)38(24-30)34-17-19-36-32-13-7-9-15-40(32)48-45(36)43(34)46;1-25(2)29-17-16-27(26-10-4-3-5-11-26)22-36(29)28-23-37-32-18-20-34-30-12-6-8-14-39(30)47-44(34)42(32)46-41(37)38(24-28)33-19-21-35-31-13-7-9-15-40(31)48-45(35)43(33)46/h1-27H;2*3-25H,1-2H3. The second-order valence-corrected chi connectivity index (χ2v) is 40.6. The first kappa shape index (κ1) is 81.7. The van der Waals surface area contributed by atoms with Crippen LogP contribution in [0.15, 0.2) is 457 Å². The molecule has 0 spiro atoms. The van der Waals surface area contributed by atoms with Gasteiger partial charge >= 0.3 is 0 Å². The normalized spacial score (nSPS) is 12.5. The molecule has 22 aromatic carbocycles. The molecule has 0 radical (unpaired) electrons. The first-order valence-corrected chi connectivity index (χ1v) is 50.8. The van der Waals surface area contributed by atoms with Crippen molar-refractivity contribution in [3.63, 3.8) is 0 Å². The van der Waals surface area contributed by atoms with E-state index in [1.807, 2.05) is 36.4 Å². The number of hydrogen-bond donors (Lipinski definition) is 0. The van der Waals surface area contributed by atoms with E-state index in [1.165, 1.54) is 170 Å². The summed E-state index contributed by atoms with van der Waals surface area (Å²) in [5, 5.41) is 27.9. The van der Waals surface area contributed by atoms with Gasteiger partial charge in [-0.25, -0.2) is 0 Å². The maximum atomic E-state index is 6.74. The van der Waals surface area contributed by atoms with E-state index in [0.717, 1.165) is 165 Å². The predicted octanol–water partition coefficient (Wildman–Crippen LogP) is 39.8. The van der Waals surface area contributed by atoms with Crippen LogP contribution in [0.4, 0.5) is 0 Å². The fraction of sp³-hybridized carbons (Fsp3) is 0.0435. The molecule has 9 heteroatoms. The Labute approximate surface area is 839 Å². The third-order valence-corrected chi connectivity index (χ3v) is 31.8. The van der Waals surface area contributed by atoms with Crippen LogP contribution in [0.2, 0.25) is 0 Å². The number of rotatable bonds is 9. The Kier molecular flexibility index (Phi) is 17.1. The predicted molar refractivity (Wildman–Crippen MR) is 613 cm³/mol. The van der Waals surface area contributed by atoms with Gasteiger partial charge in [-0.3, -0.25) is 0 Å². The van der Waals surface area contributed by atoms with E-state index in [1.54, 1.807) is 0 Å². The molecule has 9 nitrogen and oxygen atoms in total. The summed E-state index contributed by atoms with van der Waals surface area (Å²) in [7, 11) is 0. The Bertz CT molecular complexity index is 11000. The zero-order chi connectivity index (χ0) is 96.6. The van der Waals surface area contributed by atoms with Gasteiger partial charge in [-0.2, -0.15) is 0 Å². The van der Waals surface area contributed by atoms with Gasteiger partial charge in [0.05, 0.1) is 49.7 Å². The van der Waals surface area contributed by atoms with Gasteiger partial charge in [0.15, 0.2) is 33.5 Å². The van der Waals surface area contributed by atoms with Crippen LogP contribution in [-0.4, -0.2) is 13.2 Å².